The SMILES string of the molecule is Cc1c(C(C)(C)C)nn(-c2ccc(C(C)(C)C)cc2)c1C(=O)O. The number of aromatic carboxylic acids is 1. The highest BCUT2D eigenvalue weighted by Gasteiger charge is 2.28. The van der Waals surface area contributed by atoms with E-state index in [0.29, 0.717) is 0 Å². The number of hydrogen-bond donors (Lipinski definition) is 1. The summed E-state index contributed by atoms with van der Waals surface area (Å²) in [7, 11) is 0. The molecule has 0 atom stereocenters. The third-order valence-corrected chi connectivity index (χ3v) is 4.01. The molecular formula is C19H26N2O2. The zero-order valence-electron chi connectivity index (χ0n) is 15.1. The monoisotopic (exact) mass is 314 g/mol. The van der Waals surface area contributed by atoms with Gasteiger partial charge in [-0.15, -0.1) is 0 Å². The summed E-state index contributed by atoms with van der Waals surface area (Å²) >= 11 is 0. The van der Waals surface area contributed by atoms with Gasteiger partial charge in [-0.2, -0.15) is 5.10 Å². The Bertz CT molecular complexity index is 726. The minimum atomic E-state index is -0.953. The molecule has 0 bridgehead atoms. The lowest BCUT2D eigenvalue weighted by atomic mass is 9.87. The highest BCUT2D eigenvalue weighted by Crippen LogP contribution is 2.29. The Kier molecular flexibility index (Phi) is 4.14. The summed E-state index contributed by atoms with van der Waals surface area (Å²) in [4.78, 5) is 11.7. The number of aromatic nitrogens is 2. The Morgan fingerprint density at radius 2 is 1.52 bits per heavy atom. The Labute approximate surface area is 138 Å². The topological polar surface area (TPSA) is 55.1 Å². The van der Waals surface area contributed by atoms with Gasteiger partial charge in [0.25, 0.3) is 0 Å². The van der Waals surface area contributed by atoms with E-state index in [2.05, 4.69) is 25.9 Å². The molecule has 0 saturated carbocycles. The highest BCUT2D eigenvalue weighted by atomic mass is 16.4. The number of carbonyl (C=O) groups is 1. The van der Waals surface area contributed by atoms with Crippen LogP contribution in [-0.2, 0) is 10.8 Å². The second kappa shape index (κ2) is 5.52. The van der Waals surface area contributed by atoms with Gasteiger partial charge in [0.05, 0.1) is 11.4 Å². The van der Waals surface area contributed by atoms with E-state index in [1.165, 1.54) is 5.56 Å². The summed E-state index contributed by atoms with van der Waals surface area (Å²) in [5.74, 6) is -0.953. The fourth-order valence-electron chi connectivity index (χ4n) is 2.75. The zero-order valence-corrected chi connectivity index (χ0v) is 15.1. The number of hydrogen-bond acceptors (Lipinski definition) is 2. The van der Waals surface area contributed by atoms with Crippen LogP contribution >= 0.6 is 0 Å². The number of carboxylic acid groups (broad SMARTS) is 1. The van der Waals surface area contributed by atoms with E-state index >= 15 is 0 Å². The lowest BCUT2D eigenvalue weighted by Crippen LogP contribution is -2.14. The van der Waals surface area contributed by atoms with Gasteiger partial charge in [-0.1, -0.05) is 53.7 Å². The van der Waals surface area contributed by atoms with Crippen LogP contribution in [0.5, 0.6) is 0 Å². The van der Waals surface area contributed by atoms with E-state index in [-0.39, 0.29) is 16.5 Å². The molecule has 1 N–H and O–H groups in total. The molecule has 2 aromatic rings. The first-order valence-corrected chi connectivity index (χ1v) is 7.87. The number of carboxylic acids is 1. The third kappa shape index (κ3) is 3.31. The van der Waals surface area contributed by atoms with Crippen LogP contribution in [0.15, 0.2) is 24.3 Å². The van der Waals surface area contributed by atoms with E-state index in [1.807, 2.05) is 52.0 Å². The van der Waals surface area contributed by atoms with Gasteiger partial charge in [-0.05, 0) is 30.0 Å². The molecular weight excluding hydrogens is 288 g/mol. The molecule has 0 spiro atoms. The molecule has 0 aliphatic carbocycles. The molecule has 4 nitrogen and oxygen atoms in total. The van der Waals surface area contributed by atoms with Gasteiger partial charge >= 0.3 is 5.97 Å². The largest absolute Gasteiger partial charge is 0.477 e. The predicted octanol–water partition coefficient (Wildman–Crippen LogP) is 4.47. The van der Waals surface area contributed by atoms with E-state index < -0.39 is 5.97 Å². The summed E-state index contributed by atoms with van der Waals surface area (Å²) < 4.78 is 1.55. The summed E-state index contributed by atoms with van der Waals surface area (Å²) in [6, 6.07) is 7.95. The molecule has 0 radical (unpaired) electrons. The van der Waals surface area contributed by atoms with Crippen molar-refractivity contribution in [1.29, 1.82) is 0 Å². The maximum atomic E-state index is 11.7. The standard InChI is InChI=1S/C19H26N2O2/c1-12-15(17(22)23)21(20-16(12)19(5,6)7)14-10-8-13(9-11-14)18(2,3)4/h8-11H,1-7H3,(H,22,23). The Balaban J connectivity index is 2.61. The van der Waals surface area contributed by atoms with Crippen LogP contribution in [0.25, 0.3) is 5.69 Å². The maximum absolute atomic E-state index is 11.7. The molecule has 0 aliphatic rings. The van der Waals surface area contributed by atoms with Gasteiger partial charge in [0.15, 0.2) is 5.69 Å². The van der Waals surface area contributed by atoms with E-state index in [1.54, 1.807) is 4.68 Å². The highest BCUT2D eigenvalue weighted by molar-refractivity contribution is 5.88. The van der Waals surface area contributed by atoms with E-state index in [9.17, 15) is 9.90 Å². The first kappa shape index (κ1) is 17.3. The minimum absolute atomic E-state index is 0.0603. The Morgan fingerprint density at radius 3 is 1.91 bits per heavy atom. The number of nitrogens with zero attached hydrogens (tertiary/aromatic N) is 2. The molecule has 23 heavy (non-hydrogen) atoms. The van der Waals surface area contributed by atoms with Gasteiger partial charge in [0.1, 0.15) is 0 Å². The summed E-state index contributed by atoms with van der Waals surface area (Å²) in [5, 5.41) is 14.2. The maximum Gasteiger partial charge on any atom is 0.354 e. The average Bonchev–Trinajstić information content (AvgIpc) is 2.75. The Hall–Kier alpha value is -2.10. The van der Waals surface area contributed by atoms with Crippen LogP contribution in [0.2, 0.25) is 0 Å². The molecule has 0 amide bonds. The first-order chi connectivity index (χ1) is 10.4. The van der Waals surface area contributed by atoms with Crippen molar-refractivity contribution in [3.8, 4) is 5.69 Å². The molecule has 0 unspecified atom stereocenters. The molecule has 1 aromatic carbocycles. The smallest absolute Gasteiger partial charge is 0.354 e. The lowest BCUT2D eigenvalue weighted by molar-refractivity contribution is 0.0686. The molecule has 0 saturated heterocycles. The van der Waals surface area contributed by atoms with Gasteiger partial charge in [-0.3, -0.25) is 0 Å². The van der Waals surface area contributed by atoms with Crippen LogP contribution in [-0.4, -0.2) is 20.9 Å². The van der Waals surface area contributed by atoms with Crippen molar-refractivity contribution in [1.82, 2.24) is 9.78 Å². The van der Waals surface area contributed by atoms with Gasteiger partial charge in [0.2, 0.25) is 0 Å². The second-order valence-electron chi connectivity index (χ2n) is 8.09. The van der Waals surface area contributed by atoms with Crippen molar-refractivity contribution in [2.75, 3.05) is 0 Å². The fourth-order valence-corrected chi connectivity index (χ4v) is 2.75. The summed E-state index contributed by atoms with van der Waals surface area (Å²) in [6.07, 6.45) is 0. The van der Waals surface area contributed by atoms with Gasteiger partial charge in [-0.25, -0.2) is 9.48 Å². The number of rotatable bonds is 2. The van der Waals surface area contributed by atoms with Crippen LogP contribution in [0.1, 0.15) is 68.9 Å². The lowest BCUT2D eigenvalue weighted by Gasteiger charge is -2.19. The van der Waals surface area contributed by atoms with Crippen molar-refractivity contribution in [2.24, 2.45) is 0 Å². The molecule has 4 heteroatoms. The molecule has 0 fully saturated rings. The van der Waals surface area contributed by atoms with Crippen LogP contribution < -0.4 is 0 Å². The second-order valence-corrected chi connectivity index (χ2v) is 8.09. The minimum Gasteiger partial charge on any atom is -0.477 e. The molecule has 1 heterocycles. The molecule has 1 aromatic heterocycles. The summed E-state index contributed by atoms with van der Waals surface area (Å²) in [5.41, 5.74) is 3.61. The Morgan fingerprint density at radius 1 is 1.00 bits per heavy atom. The van der Waals surface area contributed by atoms with Gasteiger partial charge in [0, 0.05) is 11.0 Å². The molecule has 2 rings (SSSR count). The third-order valence-electron chi connectivity index (χ3n) is 4.01. The van der Waals surface area contributed by atoms with Crippen LogP contribution in [0, 0.1) is 6.92 Å². The first-order valence-electron chi connectivity index (χ1n) is 7.87. The van der Waals surface area contributed by atoms with Crippen molar-refractivity contribution in [3.63, 3.8) is 0 Å². The fraction of sp³-hybridized carbons (Fsp3) is 0.474. The van der Waals surface area contributed by atoms with Gasteiger partial charge < -0.3 is 5.11 Å². The van der Waals surface area contributed by atoms with Crippen molar-refractivity contribution in [2.45, 2.75) is 59.3 Å². The summed E-state index contributed by atoms with van der Waals surface area (Å²) in [6.45, 7) is 14.4. The number of benzene rings is 1. The van der Waals surface area contributed by atoms with E-state index in [0.717, 1.165) is 16.9 Å². The van der Waals surface area contributed by atoms with E-state index in [4.69, 9.17) is 0 Å². The van der Waals surface area contributed by atoms with Crippen LogP contribution in [0.4, 0.5) is 0 Å². The zero-order chi connectivity index (χ0) is 17.6. The molecule has 124 valence electrons. The average molecular weight is 314 g/mol. The molecule has 0 aliphatic heterocycles. The van der Waals surface area contributed by atoms with Crippen molar-refractivity contribution < 1.29 is 9.90 Å². The normalized spacial score (nSPS) is 12.5. The van der Waals surface area contributed by atoms with Crippen molar-refractivity contribution in [3.05, 3.63) is 46.8 Å². The van der Waals surface area contributed by atoms with Crippen LogP contribution in [0.3, 0.4) is 0 Å². The quantitative estimate of drug-likeness (QED) is 0.889. The predicted molar refractivity (Wildman–Crippen MR) is 92.7 cm³/mol. The van der Waals surface area contributed by atoms with Crippen molar-refractivity contribution >= 4 is 5.97 Å².